The molecular weight excluding hydrogens is 406 g/mol. The molecule has 0 saturated carbocycles. The zero-order valence-corrected chi connectivity index (χ0v) is 16.4. The van der Waals surface area contributed by atoms with Crippen molar-refractivity contribution in [3.8, 4) is 17.5 Å². The average molecular weight is 420 g/mol. The molecular formula is C20H14ClN7O2. The largest absolute Gasteiger partial charge is 0.348 e. The highest BCUT2D eigenvalue weighted by atomic mass is 35.5. The van der Waals surface area contributed by atoms with E-state index in [4.69, 9.17) is 11.6 Å². The van der Waals surface area contributed by atoms with Crippen LogP contribution in [0.1, 0.15) is 24.1 Å². The minimum Gasteiger partial charge on any atom is -0.348 e. The maximum atomic E-state index is 10.8. The highest BCUT2D eigenvalue weighted by Gasteiger charge is 2.16. The second-order valence-corrected chi connectivity index (χ2v) is 6.88. The number of aromatic nitrogens is 4. The minimum absolute atomic E-state index is 0.0223. The lowest BCUT2D eigenvalue weighted by Crippen LogP contribution is -2.10. The van der Waals surface area contributed by atoms with Gasteiger partial charge >= 0.3 is 0 Å². The van der Waals surface area contributed by atoms with Crippen molar-refractivity contribution >= 4 is 28.9 Å². The Balaban J connectivity index is 1.68. The normalized spacial score (nSPS) is 11.8. The number of nitro benzene ring substituents is 1. The molecule has 0 aliphatic heterocycles. The number of rotatable bonds is 5. The first-order valence-corrected chi connectivity index (χ1v) is 9.25. The molecule has 4 rings (SSSR count). The van der Waals surface area contributed by atoms with Crippen molar-refractivity contribution in [2.24, 2.45) is 0 Å². The van der Waals surface area contributed by atoms with E-state index in [0.717, 1.165) is 5.56 Å². The van der Waals surface area contributed by atoms with Crippen LogP contribution in [0.5, 0.6) is 0 Å². The van der Waals surface area contributed by atoms with Crippen LogP contribution in [-0.4, -0.2) is 24.3 Å². The number of nitro groups is 1. The molecule has 9 nitrogen and oxygen atoms in total. The third kappa shape index (κ3) is 3.52. The van der Waals surface area contributed by atoms with Gasteiger partial charge in [0.05, 0.1) is 39.6 Å². The third-order valence-corrected chi connectivity index (χ3v) is 4.88. The van der Waals surface area contributed by atoms with Crippen molar-refractivity contribution in [1.82, 2.24) is 19.4 Å². The number of halogens is 1. The summed E-state index contributed by atoms with van der Waals surface area (Å²) in [4.78, 5) is 23.4. The summed E-state index contributed by atoms with van der Waals surface area (Å²) in [6, 6.07) is 11.6. The molecule has 10 heteroatoms. The topological polar surface area (TPSA) is 122 Å². The molecule has 0 fully saturated rings. The fraction of sp³-hybridized carbons (Fsp3) is 0.100. The smallest absolute Gasteiger partial charge is 0.269 e. The Labute approximate surface area is 175 Å². The SMILES string of the molecule is C[C@H](Nc1ncc(C#N)c(-c2cnc3c(Cl)cccn23)n1)c1ccc([N+](=O)[O-])cc1. The van der Waals surface area contributed by atoms with Gasteiger partial charge in [-0.3, -0.25) is 14.5 Å². The van der Waals surface area contributed by atoms with E-state index in [1.54, 1.807) is 41.1 Å². The van der Waals surface area contributed by atoms with Gasteiger partial charge in [0.1, 0.15) is 11.8 Å². The van der Waals surface area contributed by atoms with E-state index in [0.29, 0.717) is 33.6 Å². The number of anilines is 1. The molecule has 1 N–H and O–H groups in total. The van der Waals surface area contributed by atoms with Crippen molar-refractivity contribution in [3.63, 3.8) is 0 Å². The van der Waals surface area contributed by atoms with Gasteiger partial charge in [0.25, 0.3) is 5.69 Å². The fourth-order valence-corrected chi connectivity index (χ4v) is 3.25. The van der Waals surface area contributed by atoms with Gasteiger partial charge in [-0.25, -0.2) is 15.0 Å². The fourth-order valence-electron chi connectivity index (χ4n) is 3.04. The number of nitrogens with one attached hydrogen (secondary N) is 1. The molecule has 3 aromatic heterocycles. The van der Waals surface area contributed by atoms with E-state index < -0.39 is 4.92 Å². The molecule has 0 unspecified atom stereocenters. The number of nitrogens with zero attached hydrogens (tertiary/aromatic N) is 6. The first-order chi connectivity index (χ1) is 14.5. The van der Waals surface area contributed by atoms with E-state index in [9.17, 15) is 15.4 Å². The molecule has 3 heterocycles. The molecule has 0 radical (unpaired) electrons. The van der Waals surface area contributed by atoms with Crippen molar-refractivity contribution in [3.05, 3.63) is 81.3 Å². The Bertz CT molecular complexity index is 1300. The number of imidazole rings is 1. The van der Waals surface area contributed by atoms with Crippen LogP contribution in [0.2, 0.25) is 5.02 Å². The Morgan fingerprint density at radius 3 is 2.70 bits per heavy atom. The van der Waals surface area contributed by atoms with Crippen LogP contribution in [0.4, 0.5) is 11.6 Å². The Kier molecular flexibility index (Phi) is 5.00. The number of nitriles is 1. The van der Waals surface area contributed by atoms with E-state index >= 15 is 0 Å². The molecule has 0 aliphatic carbocycles. The lowest BCUT2D eigenvalue weighted by atomic mass is 10.1. The second-order valence-electron chi connectivity index (χ2n) is 6.48. The van der Waals surface area contributed by atoms with Gasteiger partial charge in [0, 0.05) is 18.3 Å². The first kappa shape index (κ1) is 19.3. The summed E-state index contributed by atoms with van der Waals surface area (Å²) in [5.74, 6) is 0.312. The van der Waals surface area contributed by atoms with Crippen molar-refractivity contribution in [2.75, 3.05) is 5.32 Å². The molecule has 1 aromatic carbocycles. The highest BCUT2D eigenvalue weighted by Crippen LogP contribution is 2.27. The van der Waals surface area contributed by atoms with Gasteiger partial charge in [-0.15, -0.1) is 0 Å². The monoisotopic (exact) mass is 419 g/mol. The van der Waals surface area contributed by atoms with E-state index in [-0.39, 0.29) is 11.7 Å². The molecule has 30 heavy (non-hydrogen) atoms. The van der Waals surface area contributed by atoms with Gasteiger partial charge in [-0.2, -0.15) is 5.26 Å². The predicted molar refractivity (Wildman–Crippen MR) is 111 cm³/mol. The van der Waals surface area contributed by atoms with Crippen LogP contribution >= 0.6 is 11.6 Å². The number of fused-ring (bicyclic) bond motifs is 1. The van der Waals surface area contributed by atoms with E-state index in [2.05, 4.69) is 26.3 Å². The zero-order valence-electron chi connectivity index (χ0n) is 15.7. The molecule has 0 spiro atoms. The predicted octanol–water partition coefficient (Wildman–Crippen LogP) is 4.40. The number of hydrogen-bond donors (Lipinski definition) is 1. The minimum atomic E-state index is -0.444. The van der Waals surface area contributed by atoms with E-state index in [1.807, 2.05) is 6.92 Å². The molecule has 148 valence electrons. The standard InChI is InChI=1S/C20H14ClN7O2/c1-12(13-4-6-15(7-5-13)28(29)30)25-20-24-10-14(9-22)18(26-20)17-11-23-19-16(21)3-2-8-27(17)19/h2-8,10-12H,1H3,(H,24,25,26)/t12-/m0/s1. The molecule has 0 aliphatic rings. The maximum absolute atomic E-state index is 10.8. The van der Waals surface area contributed by atoms with Crippen molar-refractivity contribution < 1.29 is 4.92 Å². The zero-order chi connectivity index (χ0) is 21.3. The number of non-ortho nitro benzene ring substituents is 1. The van der Waals surface area contributed by atoms with Crippen LogP contribution in [0.3, 0.4) is 0 Å². The van der Waals surface area contributed by atoms with Crippen molar-refractivity contribution in [2.45, 2.75) is 13.0 Å². The summed E-state index contributed by atoms with van der Waals surface area (Å²) in [7, 11) is 0. The Morgan fingerprint density at radius 2 is 2.00 bits per heavy atom. The molecule has 1 atom stereocenters. The maximum Gasteiger partial charge on any atom is 0.269 e. The molecule has 4 aromatic rings. The summed E-state index contributed by atoms with van der Waals surface area (Å²) >= 11 is 6.19. The first-order valence-electron chi connectivity index (χ1n) is 8.88. The lowest BCUT2D eigenvalue weighted by Gasteiger charge is -2.15. The summed E-state index contributed by atoms with van der Waals surface area (Å²) in [6.07, 6.45) is 4.84. The summed E-state index contributed by atoms with van der Waals surface area (Å²) in [6.45, 7) is 1.89. The number of hydrogen-bond acceptors (Lipinski definition) is 7. The van der Waals surface area contributed by atoms with Crippen molar-refractivity contribution in [1.29, 1.82) is 5.26 Å². The van der Waals surface area contributed by atoms with Gasteiger partial charge in [-0.05, 0) is 24.6 Å². The molecule has 0 saturated heterocycles. The third-order valence-electron chi connectivity index (χ3n) is 4.59. The number of pyridine rings is 1. The van der Waals surface area contributed by atoms with Crippen LogP contribution in [-0.2, 0) is 0 Å². The quantitative estimate of drug-likeness (QED) is 0.375. The van der Waals surface area contributed by atoms with Gasteiger partial charge in [0.15, 0.2) is 5.65 Å². The number of benzene rings is 1. The Morgan fingerprint density at radius 1 is 1.23 bits per heavy atom. The summed E-state index contributed by atoms with van der Waals surface area (Å²) < 4.78 is 1.76. The molecule has 0 bridgehead atoms. The Hall–Kier alpha value is -4.03. The highest BCUT2D eigenvalue weighted by molar-refractivity contribution is 6.33. The van der Waals surface area contributed by atoms with Crippen LogP contribution in [0.15, 0.2) is 55.0 Å². The van der Waals surface area contributed by atoms with Crippen LogP contribution < -0.4 is 5.32 Å². The lowest BCUT2D eigenvalue weighted by molar-refractivity contribution is -0.384. The van der Waals surface area contributed by atoms with Gasteiger partial charge in [0.2, 0.25) is 5.95 Å². The van der Waals surface area contributed by atoms with Crippen LogP contribution in [0.25, 0.3) is 17.0 Å². The summed E-state index contributed by atoms with van der Waals surface area (Å²) in [5, 5.41) is 24.0. The average Bonchev–Trinajstić information content (AvgIpc) is 3.19. The van der Waals surface area contributed by atoms with Crippen LogP contribution in [0, 0.1) is 21.4 Å². The van der Waals surface area contributed by atoms with Gasteiger partial charge < -0.3 is 5.32 Å². The van der Waals surface area contributed by atoms with E-state index in [1.165, 1.54) is 18.3 Å². The molecule has 0 amide bonds. The van der Waals surface area contributed by atoms with Gasteiger partial charge in [-0.1, -0.05) is 23.7 Å². The summed E-state index contributed by atoms with van der Waals surface area (Å²) in [5.41, 5.74) is 2.74. The second kappa shape index (κ2) is 7.77.